The van der Waals surface area contributed by atoms with Crippen molar-refractivity contribution < 1.29 is 14.7 Å². The Hall–Kier alpha value is -1.60. The molecule has 24 heavy (non-hydrogen) atoms. The number of aliphatic hydroxyl groups excluding tert-OH is 1. The summed E-state index contributed by atoms with van der Waals surface area (Å²) in [5.74, 6) is 1.69. The van der Waals surface area contributed by atoms with Crippen LogP contribution in [0.4, 0.5) is 0 Å². The van der Waals surface area contributed by atoms with Crippen LogP contribution in [0.15, 0.2) is 29.7 Å². The van der Waals surface area contributed by atoms with Gasteiger partial charge in [0.25, 0.3) is 0 Å². The van der Waals surface area contributed by atoms with E-state index in [2.05, 4.69) is 19.2 Å². The molecule has 0 spiro atoms. The lowest BCUT2D eigenvalue weighted by atomic mass is 9.47. The maximum atomic E-state index is 12.5. The quantitative estimate of drug-likeness (QED) is 0.731. The van der Waals surface area contributed by atoms with E-state index in [1.54, 1.807) is 0 Å². The molecule has 3 fully saturated rings. The Bertz CT molecular complexity index is 696. The van der Waals surface area contributed by atoms with Crippen molar-refractivity contribution in [1.29, 1.82) is 0 Å². The number of ketones is 2. The summed E-state index contributed by atoms with van der Waals surface area (Å²) >= 11 is 0. The minimum absolute atomic E-state index is 0.00188. The van der Waals surface area contributed by atoms with Crippen molar-refractivity contribution in [3.8, 4) is 0 Å². The lowest BCUT2D eigenvalue weighted by Crippen LogP contribution is -2.51. The Morgan fingerprint density at radius 1 is 1.12 bits per heavy atom. The number of aliphatic hydroxyl groups is 1. The van der Waals surface area contributed by atoms with Crippen LogP contribution in [0.5, 0.6) is 0 Å². The summed E-state index contributed by atoms with van der Waals surface area (Å²) in [5.41, 5.74) is 3.48. The summed E-state index contributed by atoms with van der Waals surface area (Å²) < 4.78 is 0. The number of allylic oxidation sites excluding steroid dienone is 2. The third-order valence-electron chi connectivity index (χ3n) is 7.77. The van der Waals surface area contributed by atoms with Crippen molar-refractivity contribution in [3.05, 3.63) is 29.7 Å². The first-order valence-corrected chi connectivity index (χ1v) is 9.30. The normalized spacial score (nSPS) is 44.5. The van der Waals surface area contributed by atoms with Gasteiger partial charge in [0.15, 0.2) is 11.5 Å². The summed E-state index contributed by atoms with van der Waals surface area (Å²) in [5, 5.41) is 10.4. The minimum atomic E-state index is -0.268. The monoisotopic (exact) mass is 326 g/mol. The fraction of sp³-hybridized carbons (Fsp3) is 0.667. The van der Waals surface area contributed by atoms with E-state index in [4.69, 9.17) is 0 Å². The number of rotatable bonds is 1. The summed E-state index contributed by atoms with van der Waals surface area (Å²) in [6.45, 7) is 5.96. The van der Waals surface area contributed by atoms with E-state index in [-0.39, 0.29) is 22.4 Å². The molecule has 1 N–H and O–H groups in total. The Morgan fingerprint density at radius 2 is 1.92 bits per heavy atom. The Balaban J connectivity index is 1.80. The molecule has 4 rings (SSSR count). The van der Waals surface area contributed by atoms with Gasteiger partial charge in [0.05, 0.1) is 0 Å². The fourth-order valence-corrected chi connectivity index (χ4v) is 6.60. The summed E-state index contributed by atoms with van der Waals surface area (Å²) in [4.78, 5) is 24.5. The van der Waals surface area contributed by atoms with Gasteiger partial charge in [-0.05, 0) is 67.9 Å². The van der Waals surface area contributed by atoms with Crippen LogP contribution in [0.2, 0.25) is 0 Å². The van der Waals surface area contributed by atoms with Gasteiger partial charge in [0.1, 0.15) is 5.78 Å². The van der Waals surface area contributed by atoms with E-state index in [1.807, 2.05) is 6.08 Å². The van der Waals surface area contributed by atoms with Crippen molar-refractivity contribution in [3.63, 3.8) is 0 Å². The highest BCUT2D eigenvalue weighted by Crippen LogP contribution is 2.65. The zero-order chi connectivity index (χ0) is 17.1. The molecule has 0 heterocycles. The van der Waals surface area contributed by atoms with Crippen LogP contribution >= 0.6 is 0 Å². The molecule has 128 valence electrons. The standard InChI is InChI=1S/C21H26O3/c1-3-10-21-12-9-17(22)19(24)16(21)5-4-13-14-6-7-18(23)20(14,2)11-8-15(13)21/h10,13-15,24H,1,4-9,11-12H2,2H3/t13-,14-,15-,20-,21+/m0/s1. The second kappa shape index (κ2) is 5.20. The van der Waals surface area contributed by atoms with Gasteiger partial charge >= 0.3 is 0 Å². The van der Waals surface area contributed by atoms with Crippen LogP contribution in [0, 0.1) is 28.6 Å². The molecular formula is C21H26O3. The van der Waals surface area contributed by atoms with Gasteiger partial charge in [-0.25, -0.2) is 0 Å². The SMILES string of the molecule is C=C=C[C@]12CCC(=O)C(O)=C1CC[C@@H]1[C@@H]2CC[C@]2(C)C(=O)CC[C@@H]12. The van der Waals surface area contributed by atoms with Crippen LogP contribution < -0.4 is 0 Å². The molecule has 3 nitrogen and oxygen atoms in total. The molecule has 4 aliphatic carbocycles. The van der Waals surface area contributed by atoms with Gasteiger partial charge in [-0.1, -0.05) is 13.5 Å². The summed E-state index contributed by atoms with van der Waals surface area (Å²) in [6.07, 6.45) is 8.59. The number of hydrogen-bond donors (Lipinski definition) is 1. The second-order valence-corrected chi connectivity index (χ2v) is 8.47. The summed E-state index contributed by atoms with van der Waals surface area (Å²) in [6, 6.07) is 0. The molecule has 0 unspecified atom stereocenters. The molecule has 0 saturated heterocycles. The molecule has 0 amide bonds. The first-order valence-electron chi connectivity index (χ1n) is 9.30. The third-order valence-corrected chi connectivity index (χ3v) is 7.77. The van der Waals surface area contributed by atoms with Gasteiger partial charge in [-0.3, -0.25) is 9.59 Å². The fourth-order valence-electron chi connectivity index (χ4n) is 6.60. The van der Waals surface area contributed by atoms with E-state index < -0.39 is 0 Å². The molecule has 3 heteroatoms. The molecule has 0 aromatic rings. The van der Waals surface area contributed by atoms with Crippen LogP contribution in [-0.4, -0.2) is 16.7 Å². The first kappa shape index (κ1) is 15.9. The van der Waals surface area contributed by atoms with Crippen LogP contribution in [0.1, 0.15) is 58.3 Å². The van der Waals surface area contributed by atoms with E-state index in [9.17, 15) is 14.7 Å². The molecule has 0 radical (unpaired) electrons. The molecule has 0 aromatic heterocycles. The first-order chi connectivity index (χ1) is 11.4. The highest BCUT2D eigenvalue weighted by molar-refractivity contribution is 5.95. The maximum Gasteiger partial charge on any atom is 0.197 e. The van der Waals surface area contributed by atoms with Crippen molar-refractivity contribution in [2.75, 3.05) is 0 Å². The van der Waals surface area contributed by atoms with E-state index >= 15 is 0 Å². The number of fused-ring (bicyclic) bond motifs is 5. The van der Waals surface area contributed by atoms with Crippen molar-refractivity contribution >= 4 is 11.6 Å². The lowest BCUT2D eigenvalue weighted by Gasteiger charge is -2.56. The van der Waals surface area contributed by atoms with Crippen molar-refractivity contribution in [2.24, 2.45) is 28.6 Å². The van der Waals surface area contributed by atoms with E-state index in [0.29, 0.717) is 30.0 Å². The van der Waals surface area contributed by atoms with Gasteiger partial charge in [0.2, 0.25) is 0 Å². The lowest BCUT2D eigenvalue weighted by molar-refractivity contribution is -0.132. The van der Waals surface area contributed by atoms with E-state index in [1.165, 1.54) is 0 Å². The molecule has 0 aliphatic heterocycles. The predicted octanol–water partition coefficient (Wildman–Crippen LogP) is 4.29. The average Bonchev–Trinajstić information content (AvgIpc) is 2.87. The Kier molecular flexibility index (Phi) is 3.44. The third kappa shape index (κ3) is 1.85. The number of carbonyl (C=O) groups excluding carboxylic acids is 2. The van der Waals surface area contributed by atoms with Gasteiger partial charge < -0.3 is 5.11 Å². The van der Waals surface area contributed by atoms with Crippen molar-refractivity contribution in [1.82, 2.24) is 0 Å². The zero-order valence-electron chi connectivity index (χ0n) is 14.4. The van der Waals surface area contributed by atoms with Crippen LogP contribution in [0.3, 0.4) is 0 Å². The minimum Gasteiger partial charge on any atom is -0.504 e. The molecular weight excluding hydrogens is 300 g/mol. The Labute approximate surface area is 143 Å². The number of hydrogen-bond acceptors (Lipinski definition) is 3. The Morgan fingerprint density at radius 3 is 2.67 bits per heavy atom. The molecule has 4 aliphatic rings. The molecule has 3 saturated carbocycles. The highest BCUT2D eigenvalue weighted by Gasteiger charge is 2.60. The van der Waals surface area contributed by atoms with Crippen molar-refractivity contribution in [2.45, 2.75) is 58.3 Å². The smallest absolute Gasteiger partial charge is 0.197 e. The highest BCUT2D eigenvalue weighted by atomic mass is 16.3. The van der Waals surface area contributed by atoms with Gasteiger partial charge in [0, 0.05) is 23.7 Å². The second-order valence-electron chi connectivity index (χ2n) is 8.47. The maximum absolute atomic E-state index is 12.5. The average molecular weight is 326 g/mol. The zero-order valence-corrected chi connectivity index (χ0v) is 14.4. The van der Waals surface area contributed by atoms with Crippen LogP contribution in [0.25, 0.3) is 0 Å². The molecule has 5 atom stereocenters. The van der Waals surface area contributed by atoms with Gasteiger partial charge in [-0.15, -0.1) is 5.73 Å². The number of carbonyl (C=O) groups is 2. The van der Waals surface area contributed by atoms with E-state index in [0.717, 1.165) is 50.5 Å². The number of Topliss-reactive ketones (excluding diaryl/α,β-unsaturated/α-hetero) is 2. The van der Waals surface area contributed by atoms with Gasteiger partial charge in [-0.2, -0.15) is 0 Å². The molecule has 0 bridgehead atoms. The topological polar surface area (TPSA) is 54.4 Å². The summed E-state index contributed by atoms with van der Waals surface area (Å²) in [7, 11) is 0. The largest absolute Gasteiger partial charge is 0.504 e. The molecule has 0 aromatic carbocycles. The predicted molar refractivity (Wildman–Crippen MR) is 91.3 cm³/mol. The van der Waals surface area contributed by atoms with Crippen LogP contribution in [-0.2, 0) is 9.59 Å².